The van der Waals surface area contributed by atoms with E-state index in [9.17, 15) is 38.4 Å². The zero-order valence-electron chi connectivity index (χ0n) is 43.5. The van der Waals surface area contributed by atoms with E-state index >= 15 is 0 Å². The quantitative estimate of drug-likeness (QED) is 0.119. The van der Waals surface area contributed by atoms with Crippen molar-refractivity contribution in [3.05, 3.63) is 95.6 Å². The Morgan fingerprint density at radius 1 is 0.581 bits per heavy atom. The van der Waals surface area contributed by atoms with E-state index in [0.717, 1.165) is 11.1 Å². The van der Waals surface area contributed by atoms with E-state index in [-0.39, 0.29) is 69.8 Å². The zero-order chi connectivity index (χ0) is 53.9. The van der Waals surface area contributed by atoms with Gasteiger partial charge in [0.05, 0.1) is 11.4 Å². The molecule has 3 aliphatic rings. The third-order valence-corrected chi connectivity index (χ3v) is 13.0. The molecule has 1 fully saturated rings. The van der Waals surface area contributed by atoms with Crippen LogP contribution in [0, 0.1) is 17.8 Å². The number of benzene rings is 3. The number of carbonyl (C=O) groups excluding carboxylic acids is 8. The number of hydrogen-bond donors (Lipinski definition) is 9. The van der Waals surface area contributed by atoms with Gasteiger partial charge in [-0.2, -0.15) is 10.2 Å². The van der Waals surface area contributed by atoms with Gasteiger partial charge in [-0.3, -0.25) is 38.4 Å². The lowest BCUT2D eigenvalue weighted by Crippen LogP contribution is -2.61. The van der Waals surface area contributed by atoms with Crippen LogP contribution in [0.25, 0.3) is 0 Å². The molecule has 20 heteroatoms. The molecule has 0 spiro atoms. The van der Waals surface area contributed by atoms with Crippen molar-refractivity contribution in [3.8, 4) is 0 Å². The lowest BCUT2D eigenvalue weighted by molar-refractivity contribution is -0.143. The van der Waals surface area contributed by atoms with Gasteiger partial charge >= 0.3 is 0 Å². The Hall–Kier alpha value is -7.06. The molecular weight excluding hydrogens is 945 g/mol. The van der Waals surface area contributed by atoms with E-state index in [1.807, 2.05) is 32.0 Å². The number of nitrogens with two attached hydrogens (primary N) is 2. The number of fused-ring (bicyclic) bond motifs is 22. The first kappa shape index (κ1) is 57.8. The molecule has 74 heavy (non-hydrogen) atoms. The Morgan fingerprint density at radius 3 is 1.76 bits per heavy atom. The third kappa shape index (κ3) is 17.0. The number of azo groups is 1. The molecule has 0 aromatic heterocycles. The summed E-state index contributed by atoms with van der Waals surface area (Å²) in [5, 5.41) is 28.6. The first-order valence-electron chi connectivity index (χ1n) is 25.8. The maximum atomic E-state index is 14.8. The molecule has 8 amide bonds. The second kappa shape index (κ2) is 28.4. The first-order chi connectivity index (χ1) is 35.4. The fraction of sp³-hybridized carbons (Fsp3) is 0.519. The molecule has 0 saturated carbocycles. The highest BCUT2D eigenvalue weighted by molar-refractivity contribution is 6.00. The van der Waals surface area contributed by atoms with Gasteiger partial charge in [0, 0.05) is 25.1 Å². The summed E-state index contributed by atoms with van der Waals surface area (Å²) in [5.41, 5.74) is 14.2. The van der Waals surface area contributed by atoms with Gasteiger partial charge < -0.3 is 53.6 Å². The molecule has 3 heterocycles. The molecule has 7 atom stereocenters. The minimum atomic E-state index is -1.18. The van der Waals surface area contributed by atoms with Crippen LogP contribution >= 0.6 is 0 Å². The van der Waals surface area contributed by atoms with Crippen molar-refractivity contribution in [2.45, 2.75) is 142 Å². The fourth-order valence-electron chi connectivity index (χ4n) is 8.87. The maximum absolute atomic E-state index is 14.8. The van der Waals surface area contributed by atoms with E-state index < -0.39 is 101 Å². The van der Waals surface area contributed by atoms with Gasteiger partial charge in [0.15, 0.2) is 0 Å². The maximum Gasteiger partial charge on any atom is 0.252 e. The number of nitrogens with zero attached hydrogens (tertiary/aromatic N) is 3. The molecule has 0 aliphatic carbocycles. The summed E-state index contributed by atoms with van der Waals surface area (Å²) >= 11 is 0. The molecule has 0 radical (unpaired) electrons. The average molecular weight is 1020 g/mol. The molecule has 3 aliphatic heterocycles. The van der Waals surface area contributed by atoms with E-state index in [1.165, 1.54) is 11.0 Å². The van der Waals surface area contributed by atoms with Crippen molar-refractivity contribution in [2.75, 3.05) is 19.6 Å². The molecule has 11 N–H and O–H groups in total. The number of hydrogen-bond acceptors (Lipinski definition) is 12. The molecule has 3 aromatic rings. The normalized spacial score (nSPS) is 23.4. The molecule has 4 bridgehead atoms. The number of carbonyl (C=O) groups is 8. The Bertz CT molecular complexity index is 2430. The van der Waals surface area contributed by atoms with Gasteiger partial charge in [0.2, 0.25) is 41.4 Å². The predicted molar refractivity (Wildman–Crippen MR) is 280 cm³/mol. The topological polar surface area (TPSA) is 301 Å². The first-order valence-corrected chi connectivity index (χ1v) is 25.8. The Balaban J connectivity index is 1.51. The largest absolute Gasteiger partial charge is 0.350 e. The molecule has 1 saturated heterocycles. The van der Waals surface area contributed by atoms with Gasteiger partial charge in [0.1, 0.15) is 42.3 Å². The van der Waals surface area contributed by atoms with E-state index in [0.29, 0.717) is 30.6 Å². The smallest absolute Gasteiger partial charge is 0.252 e. The minimum absolute atomic E-state index is 0.0546. The van der Waals surface area contributed by atoms with Crippen LogP contribution in [0.4, 0.5) is 11.4 Å². The van der Waals surface area contributed by atoms with Crippen LogP contribution < -0.4 is 48.7 Å². The van der Waals surface area contributed by atoms with Crippen molar-refractivity contribution in [1.82, 2.24) is 42.1 Å². The standard InChI is InChI=1S/C54H76N12O8/c1-32(2)28-42-50(70)61-43(29-35-14-8-7-9-15-35)54(74)66-27-13-20-44(66)51(71)63-46(34(5)6)53(73)58-40(18-11-25-55)48(68)57-31-36-21-23-38(24-22-36)64-65-39-17-10-16-37(30-39)47(67)62-45(33(3)4)52(72)59-41(19-12-26-56)49(69)60-42/h7-10,14-17,21-24,30,32-34,40-46H,11-13,18-20,25-29,31,55-56H2,1-6H3,(H,57,68)(H,58,73)(H,59,72)(H,60,69)(H,61,70)(H,62,67)(H,63,71)/t40-,41+,42-,43+,44-,45-,46-/m0/s1. The molecule has 6 rings (SSSR count). The van der Waals surface area contributed by atoms with Crippen LogP contribution in [-0.4, -0.2) is 114 Å². The van der Waals surface area contributed by atoms with Crippen molar-refractivity contribution in [3.63, 3.8) is 0 Å². The van der Waals surface area contributed by atoms with E-state index in [4.69, 9.17) is 11.5 Å². The van der Waals surface area contributed by atoms with E-state index in [1.54, 1.807) is 82.3 Å². The van der Waals surface area contributed by atoms with Crippen molar-refractivity contribution in [1.29, 1.82) is 0 Å². The van der Waals surface area contributed by atoms with Crippen molar-refractivity contribution >= 4 is 58.6 Å². The second-order valence-electron chi connectivity index (χ2n) is 20.2. The average Bonchev–Trinajstić information content (AvgIpc) is 3.88. The van der Waals surface area contributed by atoms with Crippen LogP contribution in [0.3, 0.4) is 0 Å². The lowest BCUT2D eigenvalue weighted by Gasteiger charge is -2.32. The molecule has 20 nitrogen and oxygen atoms in total. The van der Waals surface area contributed by atoms with Gasteiger partial charge in [0.25, 0.3) is 5.91 Å². The summed E-state index contributed by atoms with van der Waals surface area (Å²) in [5.74, 6) is -5.58. The number of nitrogens with one attached hydrogen (secondary N) is 7. The lowest BCUT2D eigenvalue weighted by atomic mass is 9.99. The van der Waals surface area contributed by atoms with Gasteiger partial charge in [-0.05, 0) is 117 Å². The van der Waals surface area contributed by atoms with Crippen molar-refractivity contribution < 1.29 is 38.4 Å². The van der Waals surface area contributed by atoms with Gasteiger partial charge in [-0.15, -0.1) is 0 Å². The molecular formula is C54H76N12O8. The highest BCUT2D eigenvalue weighted by Gasteiger charge is 2.41. The summed E-state index contributed by atoms with van der Waals surface area (Å²) in [6.45, 7) is 11.6. The number of amides is 8. The molecule has 400 valence electrons. The highest BCUT2D eigenvalue weighted by Crippen LogP contribution is 2.23. The zero-order valence-corrected chi connectivity index (χ0v) is 43.5. The Kier molecular flexibility index (Phi) is 22.2. The summed E-state index contributed by atoms with van der Waals surface area (Å²) < 4.78 is 0. The van der Waals surface area contributed by atoms with E-state index in [2.05, 4.69) is 47.4 Å². The summed E-state index contributed by atoms with van der Waals surface area (Å²) in [7, 11) is 0. The summed E-state index contributed by atoms with van der Waals surface area (Å²) in [6.07, 6.45) is 2.11. The van der Waals surface area contributed by atoms with Crippen LogP contribution in [0.1, 0.15) is 108 Å². The Labute approximate surface area is 434 Å². The van der Waals surface area contributed by atoms with Crippen LogP contribution in [0.2, 0.25) is 0 Å². The molecule has 0 unspecified atom stereocenters. The summed E-state index contributed by atoms with van der Waals surface area (Å²) in [4.78, 5) is 115. The van der Waals surface area contributed by atoms with Gasteiger partial charge in [-0.25, -0.2) is 0 Å². The Morgan fingerprint density at radius 2 is 1.15 bits per heavy atom. The van der Waals surface area contributed by atoms with Crippen LogP contribution in [-0.2, 0) is 46.5 Å². The number of rotatable bonds is 12. The highest BCUT2D eigenvalue weighted by atomic mass is 16.2. The second-order valence-corrected chi connectivity index (χ2v) is 20.2. The SMILES string of the molecule is CC(C)C[C@@H]1NC(=O)[C@@H](CCCN)NC(=O)[C@H](C(C)C)NC(=O)c2cccc(c2)N=Nc2ccc(cc2)CNC(=O)[C@H](CCCN)NC(=O)[C@H](C(C)C)NC(=O)[C@@H]2CCCN2C(=O)[C@@H](Cc2ccccc2)NC1=O. The van der Waals surface area contributed by atoms with Crippen LogP contribution in [0.5, 0.6) is 0 Å². The fourth-order valence-corrected chi connectivity index (χ4v) is 8.87. The molecule has 3 aromatic carbocycles. The monoisotopic (exact) mass is 1020 g/mol. The minimum Gasteiger partial charge on any atom is -0.350 e. The van der Waals surface area contributed by atoms with Gasteiger partial charge in [-0.1, -0.05) is 90.1 Å². The van der Waals surface area contributed by atoms with Crippen molar-refractivity contribution in [2.24, 2.45) is 39.4 Å². The predicted octanol–water partition coefficient (Wildman–Crippen LogP) is 3.32. The van der Waals surface area contributed by atoms with Crippen LogP contribution in [0.15, 0.2) is 89.1 Å². The summed E-state index contributed by atoms with van der Waals surface area (Å²) in [6, 6.07) is 14.8. The third-order valence-electron chi connectivity index (χ3n) is 13.0.